The van der Waals surface area contributed by atoms with E-state index in [1.807, 2.05) is 64.1 Å². The van der Waals surface area contributed by atoms with E-state index in [4.69, 9.17) is 0 Å². The predicted octanol–water partition coefficient (Wildman–Crippen LogP) is 6.45. The first-order valence-corrected chi connectivity index (χ1v) is 10.9. The Bertz CT molecular complexity index is 734. The molecule has 2 rings (SSSR count). The van der Waals surface area contributed by atoms with E-state index in [1.165, 1.54) is 0 Å². The molecule has 0 bridgehead atoms. The molecule has 0 aliphatic heterocycles. The molecule has 0 aliphatic rings. The van der Waals surface area contributed by atoms with Crippen LogP contribution in [0.1, 0.15) is 39.0 Å². The molecule has 0 radical (unpaired) electrons. The fraction of sp³-hybridized carbons (Fsp3) is 0.368. The summed E-state index contributed by atoms with van der Waals surface area (Å²) in [7, 11) is -2.70. The zero-order chi connectivity index (χ0) is 17.9. The van der Waals surface area contributed by atoms with E-state index in [0.717, 1.165) is 10.2 Å². The van der Waals surface area contributed by atoms with E-state index in [9.17, 15) is 9.67 Å². The van der Waals surface area contributed by atoms with Crippen LogP contribution in [0.2, 0.25) is 0 Å². The minimum absolute atomic E-state index is 0.00269. The van der Waals surface area contributed by atoms with Gasteiger partial charge in [-0.05, 0) is 34.1 Å². The lowest BCUT2D eigenvalue weighted by molar-refractivity contribution is 0.466. The minimum atomic E-state index is -2.70. The number of phenols is 1. The van der Waals surface area contributed by atoms with Crippen LogP contribution in [0.3, 0.4) is 0 Å². The molecular formula is C19H25BrNO2P. The van der Waals surface area contributed by atoms with Gasteiger partial charge in [0.2, 0.25) is 0 Å². The maximum absolute atomic E-state index is 14.0. The molecule has 5 heteroatoms. The fourth-order valence-electron chi connectivity index (χ4n) is 3.03. The Labute approximate surface area is 153 Å². The van der Waals surface area contributed by atoms with Gasteiger partial charge in [-0.1, -0.05) is 58.0 Å². The van der Waals surface area contributed by atoms with Gasteiger partial charge < -0.3 is 15.0 Å². The van der Waals surface area contributed by atoms with Crippen LogP contribution < -0.4 is 5.32 Å². The van der Waals surface area contributed by atoms with Crippen molar-refractivity contribution >= 4 is 28.8 Å². The Morgan fingerprint density at radius 3 is 2.04 bits per heavy atom. The van der Waals surface area contributed by atoms with Crippen molar-refractivity contribution in [2.24, 2.45) is 0 Å². The van der Waals surface area contributed by atoms with Gasteiger partial charge in [0, 0.05) is 27.0 Å². The minimum Gasteiger partial charge on any atom is -0.508 e. The SMILES string of the molecule is CC(C)P(=O)(C(C)C)C(Nc1ccccc1Br)c1ccccc1O. The first-order valence-electron chi connectivity index (χ1n) is 8.16. The molecule has 0 saturated carbocycles. The Morgan fingerprint density at radius 1 is 0.958 bits per heavy atom. The van der Waals surface area contributed by atoms with Gasteiger partial charge in [-0.25, -0.2) is 0 Å². The lowest BCUT2D eigenvalue weighted by Gasteiger charge is -2.36. The fourth-order valence-corrected chi connectivity index (χ4v) is 6.81. The van der Waals surface area contributed by atoms with Crippen LogP contribution in [-0.2, 0) is 4.57 Å². The number of anilines is 1. The van der Waals surface area contributed by atoms with Crippen molar-refractivity contribution in [2.75, 3.05) is 5.32 Å². The molecular weight excluding hydrogens is 385 g/mol. The number of benzene rings is 2. The molecule has 0 spiro atoms. The lowest BCUT2D eigenvalue weighted by Crippen LogP contribution is -2.21. The summed E-state index contributed by atoms with van der Waals surface area (Å²) in [6, 6.07) is 14.9. The molecule has 24 heavy (non-hydrogen) atoms. The monoisotopic (exact) mass is 409 g/mol. The lowest BCUT2D eigenvalue weighted by atomic mass is 10.2. The third-order valence-corrected chi connectivity index (χ3v) is 9.55. The highest BCUT2D eigenvalue weighted by Gasteiger charge is 2.41. The summed E-state index contributed by atoms with van der Waals surface area (Å²) in [5.74, 6) is -0.277. The Morgan fingerprint density at radius 2 is 1.50 bits per heavy atom. The number of rotatable bonds is 6. The maximum atomic E-state index is 14.0. The molecule has 1 atom stereocenters. The molecule has 2 aromatic carbocycles. The first kappa shape index (κ1) is 19.1. The second-order valence-corrected chi connectivity index (χ2v) is 11.5. The van der Waals surface area contributed by atoms with Gasteiger partial charge in [-0.15, -0.1) is 0 Å². The zero-order valence-electron chi connectivity index (χ0n) is 14.5. The summed E-state index contributed by atoms with van der Waals surface area (Å²) in [6.07, 6.45) is 0. The van der Waals surface area contributed by atoms with Gasteiger partial charge in [0.25, 0.3) is 0 Å². The van der Waals surface area contributed by atoms with Crippen LogP contribution in [0.25, 0.3) is 0 Å². The average Bonchev–Trinajstić information content (AvgIpc) is 2.54. The molecule has 2 N–H and O–H groups in total. The van der Waals surface area contributed by atoms with Crippen LogP contribution in [0, 0.1) is 0 Å². The number of nitrogens with one attached hydrogen (secondary N) is 1. The summed E-state index contributed by atoms with van der Waals surface area (Å²) in [4.78, 5) is 0. The van der Waals surface area contributed by atoms with Crippen LogP contribution in [0.5, 0.6) is 5.75 Å². The molecule has 0 heterocycles. The number of aromatic hydroxyl groups is 1. The van der Waals surface area contributed by atoms with Gasteiger partial charge >= 0.3 is 0 Å². The van der Waals surface area contributed by atoms with E-state index >= 15 is 0 Å². The molecule has 0 amide bonds. The highest BCUT2D eigenvalue weighted by molar-refractivity contribution is 9.10. The van der Waals surface area contributed by atoms with E-state index in [-0.39, 0.29) is 17.1 Å². The highest BCUT2D eigenvalue weighted by atomic mass is 79.9. The molecule has 1 unspecified atom stereocenters. The maximum Gasteiger partial charge on any atom is 0.121 e. The number of halogens is 1. The molecule has 3 nitrogen and oxygen atoms in total. The van der Waals surface area contributed by atoms with Gasteiger partial charge in [-0.3, -0.25) is 0 Å². The summed E-state index contributed by atoms with van der Waals surface area (Å²) in [5, 5.41) is 13.8. The van der Waals surface area contributed by atoms with Crippen LogP contribution in [-0.4, -0.2) is 16.4 Å². The molecule has 0 saturated heterocycles. The highest BCUT2D eigenvalue weighted by Crippen LogP contribution is 2.66. The quantitative estimate of drug-likeness (QED) is 0.539. The van der Waals surface area contributed by atoms with Crippen molar-refractivity contribution in [1.82, 2.24) is 0 Å². The van der Waals surface area contributed by atoms with Crippen LogP contribution in [0.4, 0.5) is 5.69 Å². The third kappa shape index (κ3) is 3.70. The second kappa shape index (κ2) is 7.76. The molecule has 0 aromatic heterocycles. The van der Waals surface area contributed by atoms with E-state index in [0.29, 0.717) is 5.56 Å². The van der Waals surface area contributed by atoms with Crippen molar-refractivity contribution < 1.29 is 9.67 Å². The van der Waals surface area contributed by atoms with Crippen LogP contribution in [0.15, 0.2) is 53.0 Å². The Hall–Kier alpha value is -1.25. The topological polar surface area (TPSA) is 49.3 Å². The normalized spacial score (nSPS) is 13.3. The van der Waals surface area contributed by atoms with Crippen molar-refractivity contribution in [3.8, 4) is 5.75 Å². The summed E-state index contributed by atoms with van der Waals surface area (Å²) in [5.41, 5.74) is 1.54. The Balaban J connectivity index is 2.60. The largest absolute Gasteiger partial charge is 0.508 e. The van der Waals surface area contributed by atoms with Gasteiger partial charge in [0.15, 0.2) is 0 Å². The third-order valence-electron chi connectivity index (χ3n) is 4.42. The molecule has 130 valence electrons. The number of hydrogen-bond acceptors (Lipinski definition) is 3. The molecule has 0 fully saturated rings. The van der Waals surface area contributed by atoms with Gasteiger partial charge in [0.1, 0.15) is 18.7 Å². The summed E-state index contributed by atoms with van der Waals surface area (Å²) >= 11 is 3.54. The van der Waals surface area contributed by atoms with E-state index in [2.05, 4.69) is 21.2 Å². The molecule has 0 aliphatic carbocycles. The Kier molecular flexibility index (Phi) is 6.17. The average molecular weight is 410 g/mol. The van der Waals surface area contributed by atoms with E-state index < -0.39 is 12.9 Å². The van der Waals surface area contributed by atoms with Crippen molar-refractivity contribution in [3.63, 3.8) is 0 Å². The number of para-hydroxylation sites is 2. The van der Waals surface area contributed by atoms with Gasteiger partial charge in [-0.2, -0.15) is 0 Å². The van der Waals surface area contributed by atoms with Crippen molar-refractivity contribution in [1.29, 1.82) is 0 Å². The van der Waals surface area contributed by atoms with Crippen molar-refractivity contribution in [3.05, 3.63) is 58.6 Å². The van der Waals surface area contributed by atoms with Gasteiger partial charge in [0.05, 0.1) is 0 Å². The predicted molar refractivity (Wildman–Crippen MR) is 106 cm³/mol. The molecule has 2 aromatic rings. The number of phenolic OH excluding ortho intramolecular Hbond substituents is 1. The number of hydrogen-bond donors (Lipinski definition) is 2. The van der Waals surface area contributed by atoms with E-state index in [1.54, 1.807) is 12.1 Å². The second-order valence-electron chi connectivity index (χ2n) is 6.54. The zero-order valence-corrected chi connectivity index (χ0v) is 17.0. The standard InChI is InChI=1S/C19H25BrNO2P/c1-13(2)24(23,14(3)4)19(15-9-5-8-12-18(15)22)21-17-11-7-6-10-16(17)20/h5-14,19,21-22H,1-4H3. The first-order chi connectivity index (χ1) is 11.3. The summed E-state index contributed by atoms with van der Waals surface area (Å²) in [6.45, 7) is 7.98. The smallest absolute Gasteiger partial charge is 0.121 e. The van der Waals surface area contributed by atoms with Crippen molar-refractivity contribution in [2.45, 2.75) is 44.8 Å². The summed E-state index contributed by atoms with van der Waals surface area (Å²) < 4.78 is 14.9. The van der Waals surface area contributed by atoms with Crippen LogP contribution >= 0.6 is 23.1 Å².